The van der Waals surface area contributed by atoms with Crippen molar-refractivity contribution >= 4 is 22.7 Å². The lowest BCUT2D eigenvalue weighted by Gasteiger charge is -2.29. The summed E-state index contributed by atoms with van der Waals surface area (Å²) >= 11 is 0. The molecule has 2 aromatic carbocycles. The van der Waals surface area contributed by atoms with Crippen LogP contribution in [-0.4, -0.2) is 58.0 Å². The second-order valence-corrected chi connectivity index (χ2v) is 9.60. The molecule has 0 saturated heterocycles. The van der Waals surface area contributed by atoms with Gasteiger partial charge < -0.3 is 29.7 Å². The van der Waals surface area contributed by atoms with Gasteiger partial charge in [-0.3, -0.25) is 0 Å². The van der Waals surface area contributed by atoms with Crippen LogP contribution in [0.3, 0.4) is 0 Å². The van der Waals surface area contributed by atoms with E-state index in [-0.39, 0.29) is 7.43 Å². The van der Waals surface area contributed by atoms with Gasteiger partial charge in [0.15, 0.2) is 11.5 Å². The van der Waals surface area contributed by atoms with Crippen LogP contribution in [0.2, 0.25) is 0 Å². The summed E-state index contributed by atoms with van der Waals surface area (Å²) in [5.74, 6) is 4.45. The molecule has 1 aliphatic rings. The van der Waals surface area contributed by atoms with Crippen molar-refractivity contribution in [2.45, 2.75) is 52.1 Å². The highest BCUT2D eigenvalue weighted by molar-refractivity contribution is 5.90. The van der Waals surface area contributed by atoms with E-state index >= 15 is 0 Å². The van der Waals surface area contributed by atoms with E-state index in [1.807, 2.05) is 38.4 Å². The summed E-state index contributed by atoms with van der Waals surface area (Å²) in [5.41, 5.74) is 2.04. The molecule has 4 rings (SSSR count). The Labute approximate surface area is 221 Å². The Balaban J connectivity index is 0.00000380. The highest BCUT2D eigenvalue weighted by Gasteiger charge is 2.22. The molecule has 0 unspecified atom stereocenters. The lowest BCUT2D eigenvalue weighted by Crippen LogP contribution is -2.28. The zero-order valence-corrected chi connectivity index (χ0v) is 22.1. The SMILES string of the molecule is C.COc1ccc(CNCCC2CCC(Nc3nc(N(C)C)c4ccccc4n3)CC2)c(OC)c1OC. The number of rotatable bonds is 11. The molecule has 1 aliphatic carbocycles. The van der Waals surface area contributed by atoms with Gasteiger partial charge in [-0.15, -0.1) is 0 Å². The highest BCUT2D eigenvalue weighted by Crippen LogP contribution is 2.39. The summed E-state index contributed by atoms with van der Waals surface area (Å²) in [6.45, 7) is 1.70. The lowest BCUT2D eigenvalue weighted by molar-refractivity contribution is 0.313. The summed E-state index contributed by atoms with van der Waals surface area (Å²) in [4.78, 5) is 11.6. The van der Waals surface area contributed by atoms with E-state index in [0.717, 1.165) is 65.8 Å². The predicted octanol–water partition coefficient (Wildman–Crippen LogP) is 5.51. The number of hydrogen-bond acceptors (Lipinski definition) is 8. The number of anilines is 2. The summed E-state index contributed by atoms with van der Waals surface area (Å²) in [7, 11) is 8.99. The maximum Gasteiger partial charge on any atom is 0.225 e. The standard InChI is InChI=1S/C28H39N5O3.CH4/c1-33(2)27-22-8-6-7-9-23(22)31-28(32-27)30-21-13-10-19(11-14-21)16-17-29-18-20-12-15-24(34-3)26(36-5)25(20)35-4;/h6-9,12,15,19,21,29H,10-11,13-14,16-18H2,1-5H3,(H,30,31,32);1H4. The number of fused-ring (bicyclic) bond motifs is 1. The van der Waals surface area contributed by atoms with Crippen LogP contribution in [-0.2, 0) is 6.54 Å². The minimum Gasteiger partial charge on any atom is -0.493 e. The van der Waals surface area contributed by atoms with E-state index < -0.39 is 0 Å². The number of methoxy groups -OCH3 is 3. The van der Waals surface area contributed by atoms with Gasteiger partial charge in [0, 0.05) is 37.6 Å². The molecule has 202 valence electrons. The van der Waals surface area contributed by atoms with Gasteiger partial charge in [-0.05, 0) is 62.8 Å². The van der Waals surface area contributed by atoms with Crippen molar-refractivity contribution in [1.82, 2.24) is 15.3 Å². The number of ether oxygens (including phenoxy) is 3. The largest absolute Gasteiger partial charge is 0.493 e. The fourth-order valence-electron chi connectivity index (χ4n) is 5.07. The van der Waals surface area contributed by atoms with Crippen molar-refractivity contribution in [2.24, 2.45) is 5.92 Å². The molecule has 2 N–H and O–H groups in total. The second-order valence-electron chi connectivity index (χ2n) is 9.60. The minimum absolute atomic E-state index is 0. The molecule has 0 radical (unpaired) electrons. The van der Waals surface area contributed by atoms with E-state index in [4.69, 9.17) is 24.2 Å². The minimum atomic E-state index is 0. The van der Waals surface area contributed by atoms with Crippen LogP contribution in [0.5, 0.6) is 17.2 Å². The third kappa shape index (κ3) is 6.74. The Morgan fingerprint density at radius 2 is 1.62 bits per heavy atom. The molecule has 1 fully saturated rings. The van der Waals surface area contributed by atoms with Crippen LogP contribution >= 0.6 is 0 Å². The monoisotopic (exact) mass is 509 g/mol. The van der Waals surface area contributed by atoms with Gasteiger partial charge in [-0.1, -0.05) is 25.6 Å². The maximum atomic E-state index is 5.60. The van der Waals surface area contributed by atoms with Crippen LogP contribution < -0.4 is 29.7 Å². The zero-order valence-electron chi connectivity index (χ0n) is 22.1. The summed E-state index contributed by atoms with van der Waals surface area (Å²) < 4.78 is 16.5. The highest BCUT2D eigenvalue weighted by atomic mass is 16.5. The first-order valence-electron chi connectivity index (χ1n) is 12.7. The molecule has 0 amide bonds. The second kappa shape index (κ2) is 13.3. The fraction of sp³-hybridized carbons (Fsp3) is 0.517. The molecule has 1 heterocycles. The molecular weight excluding hydrogens is 466 g/mol. The van der Waals surface area contributed by atoms with Gasteiger partial charge in [-0.25, -0.2) is 4.98 Å². The van der Waals surface area contributed by atoms with Crippen molar-refractivity contribution in [1.29, 1.82) is 0 Å². The molecule has 8 heteroatoms. The fourth-order valence-corrected chi connectivity index (χ4v) is 5.07. The smallest absolute Gasteiger partial charge is 0.225 e. The number of para-hydroxylation sites is 1. The average molecular weight is 510 g/mol. The zero-order chi connectivity index (χ0) is 25.5. The number of aromatic nitrogens is 2. The van der Waals surface area contributed by atoms with E-state index in [1.165, 1.54) is 19.3 Å². The first-order chi connectivity index (χ1) is 17.5. The Morgan fingerprint density at radius 3 is 2.30 bits per heavy atom. The van der Waals surface area contributed by atoms with Crippen LogP contribution in [0.15, 0.2) is 36.4 Å². The van der Waals surface area contributed by atoms with Crippen LogP contribution in [0.1, 0.15) is 45.1 Å². The number of nitrogens with one attached hydrogen (secondary N) is 2. The molecular formula is C29H43N5O3. The first-order valence-corrected chi connectivity index (χ1v) is 12.7. The third-order valence-corrected chi connectivity index (χ3v) is 7.02. The van der Waals surface area contributed by atoms with Crippen molar-refractivity contribution in [3.05, 3.63) is 42.0 Å². The van der Waals surface area contributed by atoms with Gasteiger partial charge in [0.05, 0.1) is 26.8 Å². The average Bonchev–Trinajstić information content (AvgIpc) is 2.90. The predicted molar refractivity (Wildman–Crippen MR) is 152 cm³/mol. The molecule has 1 aromatic heterocycles. The van der Waals surface area contributed by atoms with Gasteiger partial charge in [-0.2, -0.15) is 4.98 Å². The molecule has 0 bridgehead atoms. The van der Waals surface area contributed by atoms with Crippen molar-refractivity contribution in [2.75, 3.05) is 52.2 Å². The Morgan fingerprint density at radius 1 is 0.892 bits per heavy atom. The van der Waals surface area contributed by atoms with Crippen molar-refractivity contribution in [3.63, 3.8) is 0 Å². The van der Waals surface area contributed by atoms with Crippen LogP contribution in [0.25, 0.3) is 10.9 Å². The topological polar surface area (TPSA) is 80.8 Å². The lowest BCUT2D eigenvalue weighted by atomic mass is 9.84. The molecule has 1 saturated carbocycles. The third-order valence-electron chi connectivity index (χ3n) is 7.02. The van der Waals surface area contributed by atoms with Crippen LogP contribution in [0.4, 0.5) is 11.8 Å². The number of benzene rings is 2. The molecule has 0 atom stereocenters. The molecule has 37 heavy (non-hydrogen) atoms. The van der Waals surface area contributed by atoms with E-state index in [1.54, 1.807) is 21.3 Å². The molecule has 0 aliphatic heterocycles. The molecule has 3 aromatic rings. The maximum absolute atomic E-state index is 5.60. The quantitative estimate of drug-likeness (QED) is 0.328. The number of nitrogens with zero attached hydrogens (tertiary/aromatic N) is 3. The van der Waals surface area contributed by atoms with Gasteiger partial charge in [0.1, 0.15) is 5.82 Å². The van der Waals surface area contributed by atoms with Gasteiger partial charge in [0.2, 0.25) is 11.7 Å². The Hall–Kier alpha value is -3.26. The van der Waals surface area contributed by atoms with E-state index in [0.29, 0.717) is 17.5 Å². The van der Waals surface area contributed by atoms with Crippen LogP contribution in [0, 0.1) is 5.92 Å². The normalized spacial score (nSPS) is 17.1. The van der Waals surface area contributed by atoms with E-state index in [9.17, 15) is 0 Å². The molecule has 8 nitrogen and oxygen atoms in total. The Bertz CT molecular complexity index is 1150. The van der Waals surface area contributed by atoms with E-state index in [2.05, 4.69) is 27.7 Å². The summed E-state index contributed by atoms with van der Waals surface area (Å²) in [6.07, 6.45) is 5.88. The van der Waals surface area contributed by atoms with Crippen molar-refractivity contribution < 1.29 is 14.2 Å². The summed E-state index contributed by atoms with van der Waals surface area (Å²) in [5, 5.41) is 8.27. The number of hydrogen-bond donors (Lipinski definition) is 2. The van der Waals surface area contributed by atoms with Crippen molar-refractivity contribution in [3.8, 4) is 17.2 Å². The van der Waals surface area contributed by atoms with Gasteiger partial charge in [0.25, 0.3) is 0 Å². The summed E-state index contributed by atoms with van der Waals surface area (Å²) in [6, 6.07) is 12.6. The van der Waals surface area contributed by atoms with Gasteiger partial charge >= 0.3 is 0 Å². The first kappa shape index (κ1) is 28.3. The molecule has 0 spiro atoms. The Kier molecular flexibility index (Phi) is 10.2.